The highest BCUT2D eigenvalue weighted by Crippen LogP contribution is 2.32. The molecule has 3 nitrogen and oxygen atoms in total. The lowest BCUT2D eigenvalue weighted by Crippen LogP contribution is -1.93. The van der Waals surface area contributed by atoms with Crippen LogP contribution >= 0.6 is 23.1 Å². The van der Waals surface area contributed by atoms with E-state index in [0.717, 1.165) is 10.1 Å². The summed E-state index contributed by atoms with van der Waals surface area (Å²) < 4.78 is 5.03. The molecule has 2 aromatic rings. The molecule has 5 heteroatoms. The second-order valence-electron chi connectivity index (χ2n) is 2.41. The van der Waals surface area contributed by atoms with Crippen molar-refractivity contribution in [3.05, 3.63) is 23.2 Å². The maximum Gasteiger partial charge on any atom is 0.212 e. The van der Waals surface area contributed by atoms with E-state index < -0.39 is 0 Å². The number of hydrogen-bond acceptors (Lipinski definition) is 3. The van der Waals surface area contributed by atoms with Crippen LogP contribution in [-0.2, 0) is 4.79 Å². The Kier molecular flexibility index (Phi) is 2.16. The fourth-order valence-corrected chi connectivity index (χ4v) is 2.20. The van der Waals surface area contributed by atoms with Gasteiger partial charge in [-0.2, -0.15) is 4.37 Å². The van der Waals surface area contributed by atoms with E-state index in [1.54, 1.807) is 6.07 Å². The Labute approximate surface area is 83.5 Å². The highest BCUT2D eigenvalue weighted by molar-refractivity contribution is 7.13. The van der Waals surface area contributed by atoms with E-state index in [4.69, 9.17) is 11.6 Å². The topological polar surface area (TPSA) is 42.0 Å². The average Bonchev–Trinajstić information content (AvgIpc) is 2.51. The quantitative estimate of drug-likeness (QED) is 0.778. The molecular weight excluding hydrogens is 208 g/mol. The minimum atomic E-state index is 0.528. The van der Waals surface area contributed by atoms with Crippen LogP contribution in [0.2, 0.25) is 5.02 Å². The SMILES string of the molecule is O=CNc1nsc2cccc(Cl)c12. The van der Waals surface area contributed by atoms with Gasteiger partial charge in [0, 0.05) is 0 Å². The van der Waals surface area contributed by atoms with E-state index in [2.05, 4.69) is 9.69 Å². The van der Waals surface area contributed by atoms with Gasteiger partial charge in [0.05, 0.1) is 15.1 Å². The number of aromatic nitrogens is 1. The first-order chi connectivity index (χ1) is 6.33. The predicted octanol–water partition coefficient (Wildman–Crippen LogP) is 2.52. The third-order valence-electron chi connectivity index (χ3n) is 1.64. The summed E-state index contributed by atoms with van der Waals surface area (Å²) in [5, 5.41) is 3.92. The van der Waals surface area contributed by atoms with Gasteiger partial charge < -0.3 is 5.32 Å². The Bertz CT molecular complexity index is 454. The number of nitrogens with zero attached hydrogens (tertiary/aromatic N) is 1. The normalized spacial score (nSPS) is 10.2. The van der Waals surface area contributed by atoms with Crippen molar-refractivity contribution in [1.29, 1.82) is 0 Å². The van der Waals surface area contributed by atoms with Crippen LogP contribution < -0.4 is 5.32 Å². The van der Waals surface area contributed by atoms with Crippen molar-refractivity contribution in [2.24, 2.45) is 0 Å². The van der Waals surface area contributed by atoms with Crippen molar-refractivity contribution in [3.8, 4) is 0 Å². The van der Waals surface area contributed by atoms with Crippen LogP contribution in [0, 0.1) is 0 Å². The monoisotopic (exact) mass is 212 g/mol. The molecule has 66 valence electrons. The molecule has 2 rings (SSSR count). The number of nitrogens with one attached hydrogen (secondary N) is 1. The average molecular weight is 213 g/mol. The van der Waals surface area contributed by atoms with Crippen LogP contribution in [-0.4, -0.2) is 10.8 Å². The Morgan fingerprint density at radius 2 is 2.38 bits per heavy atom. The Balaban J connectivity index is 2.70. The number of amides is 1. The minimum absolute atomic E-state index is 0.528. The number of halogens is 1. The molecule has 0 saturated heterocycles. The van der Waals surface area contributed by atoms with Crippen molar-refractivity contribution >= 4 is 45.4 Å². The first kappa shape index (κ1) is 8.47. The lowest BCUT2D eigenvalue weighted by Gasteiger charge is -1.95. The second kappa shape index (κ2) is 3.32. The third kappa shape index (κ3) is 1.38. The van der Waals surface area contributed by atoms with Gasteiger partial charge in [0.2, 0.25) is 6.41 Å². The first-order valence-corrected chi connectivity index (χ1v) is 4.72. The molecule has 0 aliphatic heterocycles. The Hall–Kier alpha value is -1.13. The Morgan fingerprint density at radius 3 is 3.15 bits per heavy atom. The van der Waals surface area contributed by atoms with Gasteiger partial charge in [0.25, 0.3) is 0 Å². The number of rotatable bonds is 2. The minimum Gasteiger partial charge on any atom is -0.312 e. The van der Waals surface area contributed by atoms with Gasteiger partial charge in [-0.15, -0.1) is 0 Å². The molecule has 0 atom stereocenters. The van der Waals surface area contributed by atoms with Crippen molar-refractivity contribution in [3.63, 3.8) is 0 Å². The first-order valence-electron chi connectivity index (χ1n) is 3.57. The zero-order valence-corrected chi connectivity index (χ0v) is 8.02. The van der Waals surface area contributed by atoms with Gasteiger partial charge >= 0.3 is 0 Å². The van der Waals surface area contributed by atoms with Gasteiger partial charge in [0.1, 0.15) is 0 Å². The molecule has 1 N–H and O–H groups in total. The number of carbonyl (C=O) groups is 1. The van der Waals surface area contributed by atoms with Crippen LogP contribution in [0.5, 0.6) is 0 Å². The summed E-state index contributed by atoms with van der Waals surface area (Å²) in [7, 11) is 0. The molecule has 0 bridgehead atoms. The van der Waals surface area contributed by atoms with Gasteiger partial charge in [-0.05, 0) is 23.7 Å². The number of carbonyl (C=O) groups excluding carboxylic acids is 1. The molecule has 0 saturated carbocycles. The highest BCUT2D eigenvalue weighted by Gasteiger charge is 2.07. The van der Waals surface area contributed by atoms with E-state index in [-0.39, 0.29) is 0 Å². The highest BCUT2D eigenvalue weighted by atomic mass is 35.5. The maximum absolute atomic E-state index is 10.2. The van der Waals surface area contributed by atoms with Crippen LogP contribution in [0.25, 0.3) is 10.1 Å². The molecule has 1 heterocycles. The molecule has 0 spiro atoms. The van der Waals surface area contributed by atoms with Crippen LogP contribution in [0.1, 0.15) is 0 Å². The van der Waals surface area contributed by atoms with Crippen molar-refractivity contribution in [2.75, 3.05) is 5.32 Å². The third-order valence-corrected chi connectivity index (χ3v) is 2.77. The largest absolute Gasteiger partial charge is 0.312 e. The van der Waals surface area contributed by atoms with E-state index in [1.807, 2.05) is 12.1 Å². The summed E-state index contributed by atoms with van der Waals surface area (Å²) in [6.45, 7) is 0. The van der Waals surface area contributed by atoms with Crippen molar-refractivity contribution in [2.45, 2.75) is 0 Å². The summed E-state index contributed by atoms with van der Waals surface area (Å²) in [6, 6.07) is 5.54. The number of fused-ring (bicyclic) bond motifs is 1. The molecule has 1 aromatic heterocycles. The summed E-state index contributed by atoms with van der Waals surface area (Å²) in [6.07, 6.45) is 0.595. The van der Waals surface area contributed by atoms with E-state index in [9.17, 15) is 4.79 Å². The van der Waals surface area contributed by atoms with Gasteiger partial charge in [-0.3, -0.25) is 4.79 Å². The Morgan fingerprint density at radius 1 is 1.54 bits per heavy atom. The van der Waals surface area contributed by atoms with Crippen molar-refractivity contribution in [1.82, 2.24) is 4.37 Å². The molecular formula is C8H5ClN2OS. The number of anilines is 1. The van der Waals surface area contributed by atoms with E-state index in [0.29, 0.717) is 17.3 Å². The smallest absolute Gasteiger partial charge is 0.212 e. The zero-order chi connectivity index (χ0) is 9.26. The van der Waals surface area contributed by atoms with Gasteiger partial charge in [-0.1, -0.05) is 17.7 Å². The zero-order valence-electron chi connectivity index (χ0n) is 6.45. The van der Waals surface area contributed by atoms with E-state index in [1.165, 1.54) is 11.5 Å². The molecule has 0 aliphatic rings. The van der Waals surface area contributed by atoms with Gasteiger partial charge in [-0.25, -0.2) is 0 Å². The van der Waals surface area contributed by atoms with Crippen LogP contribution in [0.15, 0.2) is 18.2 Å². The maximum atomic E-state index is 10.2. The number of hydrogen-bond donors (Lipinski definition) is 1. The molecule has 0 radical (unpaired) electrons. The molecule has 13 heavy (non-hydrogen) atoms. The summed E-state index contributed by atoms with van der Waals surface area (Å²) >= 11 is 7.26. The molecule has 1 amide bonds. The van der Waals surface area contributed by atoms with Crippen LogP contribution in [0.4, 0.5) is 5.82 Å². The lowest BCUT2D eigenvalue weighted by atomic mass is 10.2. The molecule has 0 aliphatic carbocycles. The summed E-state index contributed by atoms with van der Waals surface area (Å²) in [4.78, 5) is 10.2. The standard InChI is InChI=1S/C8H5ClN2OS/c9-5-2-1-3-6-7(5)8(10-4-12)11-13-6/h1-4H,(H,10,11,12). The molecule has 0 unspecified atom stereocenters. The van der Waals surface area contributed by atoms with Gasteiger partial charge in [0.15, 0.2) is 5.82 Å². The lowest BCUT2D eigenvalue weighted by molar-refractivity contribution is -0.105. The van der Waals surface area contributed by atoms with Crippen LogP contribution in [0.3, 0.4) is 0 Å². The summed E-state index contributed by atoms with van der Waals surface area (Å²) in [5.74, 6) is 0.528. The predicted molar refractivity (Wildman–Crippen MR) is 54.3 cm³/mol. The second-order valence-corrected chi connectivity index (χ2v) is 3.62. The fourth-order valence-electron chi connectivity index (χ4n) is 1.11. The van der Waals surface area contributed by atoms with Crippen molar-refractivity contribution < 1.29 is 4.79 Å². The number of benzene rings is 1. The van der Waals surface area contributed by atoms with E-state index >= 15 is 0 Å². The summed E-state index contributed by atoms with van der Waals surface area (Å²) in [5.41, 5.74) is 0. The molecule has 0 fully saturated rings. The fraction of sp³-hybridized carbons (Fsp3) is 0. The molecule has 1 aromatic carbocycles.